The molecule has 0 aromatic carbocycles. The van der Waals surface area contributed by atoms with E-state index < -0.39 is 0 Å². The first-order chi connectivity index (χ1) is 12.5. The van der Waals surface area contributed by atoms with Crippen LogP contribution in [-0.2, 0) is 9.53 Å². The van der Waals surface area contributed by atoms with Gasteiger partial charge in [-0.05, 0) is 39.0 Å². The van der Waals surface area contributed by atoms with E-state index in [-0.39, 0.29) is 41.7 Å². The second kappa shape index (κ2) is 8.18. The maximum Gasteiger partial charge on any atom is 0.273 e. The number of rotatable bonds is 4. The van der Waals surface area contributed by atoms with Crippen molar-refractivity contribution in [1.82, 2.24) is 15.4 Å². The fourth-order valence-corrected chi connectivity index (χ4v) is 3.86. The van der Waals surface area contributed by atoms with Gasteiger partial charge in [0.1, 0.15) is 5.76 Å². The third-order valence-corrected chi connectivity index (χ3v) is 5.39. The number of aromatic nitrogens is 1. The summed E-state index contributed by atoms with van der Waals surface area (Å²) >= 11 is 0. The van der Waals surface area contributed by atoms with Crippen molar-refractivity contribution in [2.75, 3.05) is 20.2 Å². The van der Waals surface area contributed by atoms with E-state index in [1.807, 2.05) is 4.90 Å². The second-order valence-corrected chi connectivity index (χ2v) is 7.24. The summed E-state index contributed by atoms with van der Waals surface area (Å²) in [6.07, 6.45) is 2.83. The number of aliphatic hydroxyl groups excluding tert-OH is 1. The van der Waals surface area contributed by atoms with Crippen molar-refractivity contribution in [3.05, 3.63) is 17.5 Å². The molecule has 0 unspecified atom stereocenters. The van der Waals surface area contributed by atoms with Crippen LogP contribution in [0.2, 0.25) is 0 Å². The number of ether oxygens (including phenoxy) is 1. The highest BCUT2D eigenvalue weighted by Gasteiger charge is 2.37. The molecule has 2 amide bonds. The van der Waals surface area contributed by atoms with Crippen LogP contribution in [0.4, 0.5) is 0 Å². The molecule has 1 saturated heterocycles. The van der Waals surface area contributed by atoms with Crippen LogP contribution in [-0.4, -0.2) is 65.4 Å². The zero-order valence-electron chi connectivity index (χ0n) is 15.3. The molecule has 144 valence electrons. The predicted molar refractivity (Wildman–Crippen MR) is 92.5 cm³/mol. The van der Waals surface area contributed by atoms with E-state index in [1.54, 1.807) is 20.1 Å². The van der Waals surface area contributed by atoms with Gasteiger partial charge in [-0.2, -0.15) is 0 Å². The van der Waals surface area contributed by atoms with E-state index in [9.17, 15) is 14.7 Å². The van der Waals surface area contributed by atoms with Gasteiger partial charge >= 0.3 is 0 Å². The summed E-state index contributed by atoms with van der Waals surface area (Å²) in [5.41, 5.74) is 0.232. The SMILES string of the molecule is CO[C@@H]1CC[C@H](C(=O)N2CCC(O)CC2)C[C@H]1NC(=O)c1cc(C)on1. The van der Waals surface area contributed by atoms with E-state index in [1.165, 1.54) is 0 Å². The topological polar surface area (TPSA) is 105 Å². The van der Waals surface area contributed by atoms with E-state index in [0.29, 0.717) is 44.5 Å². The summed E-state index contributed by atoms with van der Waals surface area (Å²) in [7, 11) is 1.62. The number of amides is 2. The van der Waals surface area contributed by atoms with Crippen LogP contribution in [0.3, 0.4) is 0 Å². The molecule has 2 aliphatic rings. The van der Waals surface area contributed by atoms with Crippen molar-refractivity contribution in [3.63, 3.8) is 0 Å². The molecular formula is C18H27N3O5. The van der Waals surface area contributed by atoms with Crippen LogP contribution in [0.5, 0.6) is 0 Å². The predicted octanol–water partition coefficient (Wildman–Crippen LogP) is 0.880. The van der Waals surface area contributed by atoms with Gasteiger partial charge < -0.3 is 24.6 Å². The van der Waals surface area contributed by atoms with Crippen LogP contribution >= 0.6 is 0 Å². The van der Waals surface area contributed by atoms with Crippen molar-refractivity contribution >= 4 is 11.8 Å². The van der Waals surface area contributed by atoms with E-state index >= 15 is 0 Å². The van der Waals surface area contributed by atoms with Gasteiger partial charge in [0, 0.05) is 32.2 Å². The number of carbonyl (C=O) groups excluding carboxylic acids is 2. The molecule has 3 rings (SSSR count). The van der Waals surface area contributed by atoms with Crippen LogP contribution in [0.25, 0.3) is 0 Å². The number of methoxy groups -OCH3 is 1. The summed E-state index contributed by atoms with van der Waals surface area (Å²) in [6.45, 7) is 2.92. The lowest BCUT2D eigenvalue weighted by Crippen LogP contribution is -2.51. The molecule has 8 nitrogen and oxygen atoms in total. The highest BCUT2D eigenvalue weighted by Crippen LogP contribution is 2.29. The minimum absolute atomic E-state index is 0.114. The average molecular weight is 365 g/mol. The number of aliphatic hydroxyl groups is 1. The Bertz CT molecular complexity index is 639. The number of piperidine rings is 1. The number of carbonyl (C=O) groups is 2. The molecule has 8 heteroatoms. The first-order valence-corrected chi connectivity index (χ1v) is 9.21. The maximum absolute atomic E-state index is 12.8. The van der Waals surface area contributed by atoms with Gasteiger partial charge in [-0.1, -0.05) is 5.16 Å². The monoisotopic (exact) mass is 365 g/mol. The number of nitrogens with one attached hydrogen (secondary N) is 1. The number of hydrogen-bond donors (Lipinski definition) is 2. The van der Waals surface area contributed by atoms with E-state index in [2.05, 4.69) is 10.5 Å². The fraction of sp³-hybridized carbons (Fsp3) is 0.722. The van der Waals surface area contributed by atoms with E-state index in [0.717, 1.165) is 6.42 Å². The summed E-state index contributed by atoms with van der Waals surface area (Å²) in [6, 6.07) is 1.34. The first kappa shape index (κ1) is 18.8. The third kappa shape index (κ3) is 4.24. The van der Waals surface area contributed by atoms with Crippen LogP contribution < -0.4 is 5.32 Å². The van der Waals surface area contributed by atoms with Crippen molar-refractivity contribution < 1.29 is 24.0 Å². The fourth-order valence-electron chi connectivity index (χ4n) is 3.86. The molecule has 0 bridgehead atoms. The summed E-state index contributed by atoms with van der Waals surface area (Å²) in [5.74, 6) is 0.231. The molecule has 3 atom stereocenters. The molecule has 1 aliphatic heterocycles. The zero-order chi connectivity index (χ0) is 18.7. The summed E-state index contributed by atoms with van der Waals surface area (Å²) < 4.78 is 10.5. The molecule has 0 spiro atoms. The lowest BCUT2D eigenvalue weighted by Gasteiger charge is -2.38. The molecule has 1 aromatic heterocycles. The van der Waals surface area contributed by atoms with Crippen LogP contribution in [0.15, 0.2) is 10.6 Å². The van der Waals surface area contributed by atoms with Crippen molar-refractivity contribution in [2.24, 2.45) is 5.92 Å². The molecule has 1 aliphatic carbocycles. The zero-order valence-corrected chi connectivity index (χ0v) is 15.3. The van der Waals surface area contributed by atoms with Gasteiger partial charge in [0.2, 0.25) is 5.91 Å². The van der Waals surface area contributed by atoms with Crippen molar-refractivity contribution in [2.45, 2.75) is 57.3 Å². The van der Waals surface area contributed by atoms with Gasteiger partial charge in [0.05, 0.1) is 18.2 Å². The Labute approximate surface area is 152 Å². The van der Waals surface area contributed by atoms with Crippen LogP contribution in [0, 0.1) is 12.8 Å². The Morgan fingerprint density at radius 1 is 1.31 bits per heavy atom. The second-order valence-electron chi connectivity index (χ2n) is 7.24. The number of aryl methyl sites for hydroxylation is 1. The number of hydrogen-bond acceptors (Lipinski definition) is 6. The number of nitrogens with zero attached hydrogens (tertiary/aromatic N) is 2. The van der Waals surface area contributed by atoms with Gasteiger partial charge in [-0.15, -0.1) is 0 Å². The Balaban J connectivity index is 1.62. The Hall–Kier alpha value is -1.93. The van der Waals surface area contributed by atoms with Crippen molar-refractivity contribution in [3.8, 4) is 0 Å². The highest BCUT2D eigenvalue weighted by molar-refractivity contribution is 5.92. The highest BCUT2D eigenvalue weighted by atomic mass is 16.5. The van der Waals surface area contributed by atoms with Gasteiger partial charge in [-0.25, -0.2) is 0 Å². The summed E-state index contributed by atoms with van der Waals surface area (Å²) in [4.78, 5) is 27.1. The maximum atomic E-state index is 12.8. The Morgan fingerprint density at radius 2 is 2.04 bits per heavy atom. The Morgan fingerprint density at radius 3 is 2.65 bits per heavy atom. The molecule has 2 N–H and O–H groups in total. The standard InChI is InChI=1S/C18H27N3O5/c1-11-9-15(20-26-11)17(23)19-14-10-12(3-4-16(14)25-2)18(24)21-7-5-13(22)6-8-21/h9,12-14,16,22H,3-8,10H2,1-2H3,(H,19,23)/t12-,14+,16+/m0/s1. The molecule has 2 fully saturated rings. The molecule has 26 heavy (non-hydrogen) atoms. The number of likely N-dealkylation sites (tertiary alicyclic amines) is 1. The summed E-state index contributed by atoms with van der Waals surface area (Å²) in [5, 5.41) is 16.3. The van der Waals surface area contributed by atoms with Gasteiger partial charge in [-0.3, -0.25) is 9.59 Å². The van der Waals surface area contributed by atoms with Gasteiger partial charge in [0.25, 0.3) is 5.91 Å². The normalized spacial score (nSPS) is 27.3. The van der Waals surface area contributed by atoms with Crippen LogP contribution in [0.1, 0.15) is 48.4 Å². The van der Waals surface area contributed by atoms with Gasteiger partial charge in [0.15, 0.2) is 5.69 Å². The smallest absolute Gasteiger partial charge is 0.273 e. The molecule has 0 radical (unpaired) electrons. The molecule has 1 aromatic rings. The minimum Gasteiger partial charge on any atom is -0.393 e. The minimum atomic E-state index is -0.317. The largest absolute Gasteiger partial charge is 0.393 e. The quantitative estimate of drug-likeness (QED) is 0.821. The lowest BCUT2D eigenvalue weighted by molar-refractivity contribution is -0.140. The molecular weight excluding hydrogens is 338 g/mol. The average Bonchev–Trinajstić information content (AvgIpc) is 3.08. The third-order valence-electron chi connectivity index (χ3n) is 5.39. The molecule has 2 heterocycles. The van der Waals surface area contributed by atoms with E-state index in [4.69, 9.17) is 9.26 Å². The lowest BCUT2D eigenvalue weighted by atomic mass is 9.82. The first-order valence-electron chi connectivity index (χ1n) is 9.21. The van der Waals surface area contributed by atoms with Crippen molar-refractivity contribution in [1.29, 1.82) is 0 Å². The molecule has 1 saturated carbocycles. The Kier molecular flexibility index (Phi) is 5.93.